The lowest BCUT2D eigenvalue weighted by Crippen LogP contribution is -2.22. The maximum Gasteiger partial charge on any atom is 0.344 e. The summed E-state index contributed by atoms with van der Waals surface area (Å²) in [5, 5.41) is 8.90. The second-order valence-electron chi connectivity index (χ2n) is 5.50. The summed E-state index contributed by atoms with van der Waals surface area (Å²) in [5.41, 5.74) is 3.34. The van der Waals surface area contributed by atoms with Gasteiger partial charge >= 0.3 is 5.97 Å². The van der Waals surface area contributed by atoms with Gasteiger partial charge < -0.3 is 9.84 Å². The smallest absolute Gasteiger partial charge is 0.344 e. The molecule has 0 amide bonds. The first-order valence-electron chi connectivity index (χ1n) is 7.37. The molecule has 0 spiro atoms. The van der Waals surface area contributed by atoms with Crippen LogP contribution in [0.2, 0.25) is 0 Å². The lowest BCUT2D eigenvalue weighted by atomic mass is 10.1. The molecule has 0 saturated carbocycles. The van der Waals surface area contributed by atoms with Crippen LogP contribution in [0.1, 0.15) is 28.4 Å². The molecule has 4 heteroatoms. The summed E-state index contributed by atoms with van der Waals surface area (Å²) in [6.45, 7) is 1.48. The average Bonchev–Trinajstić information content (AvgIpc) is 2.84. The van der Waals surface area contributed by atoms with Crippen LogP contribution in [0.5, 0.6) is 5.75 Å². The van der Waals surface area contributed by atoms with Gasteiger partial charge in [0.1, 0.15) is 5.75 Å². The van der Waals surface area contributed by atoms with Gasteiger partial charge in [-0.15, -0.1) is 0 Å². The number of aliphatic carboxylic acids is 1. The normalized spacial score (nSPS) is 16.2. The first-order chi connectivity index (χ1) is 11.0. The zero-order valence-electron chi connectivity index (χ0n) is 12.7. The van der Waals surface area contributed by atoms with Crippen molar-refractivity contribution < 1.29 is 19.4 Å². The van der Waals surface area contributed by atoms with Crippen LogP contribution >= 0.6 is 0 Å². The SMILES string of the molecule is C[C@@H](Oc1cccc(/C=C2/Cc3ccccc3C2=O)c1)C(=O)O. The van der Waals surface area contributed by atoms with Crippen molar-refractivity contribution in [3.05, 3.63) is 70.8 Å². The molecule has 0 unspecified atom stereocenters. The van der Waals surface area contributed by atoms with Crippen molar-refractivity contribution in [1.82, 2.24) is 0 Å². The first-order valence-corrected chi connectivity index (χ1v) is 7.37. The Morgan fingerprint density at radius 2 is 2.00 bits per heavy atom. The number of fused-ring (bicyclic) bond motifs is 1. The van der Waals surface area contributed by atoms with Crippen molar-refractivity contribution in [3.8, 4) is 5.75 Å². The number of ketones is 1. The maximum atomic E-state index is 12.4. The Balaban J connectivity index is 1.84. The molecule has 0 radical (unpaired) electrons. The van der Waals surface area contributed by atoms with E-state index in [1.807, 2.05) is 36.4 Å². The van der Waals surface area contributed by atoms with E-state index in [0.717, 1.165) is 22.3 Å². The first kappa shape index (κ1) is 15.0. The van der Waals surface area contributed by atoms with Gasteiger partial charge in [-0.05, 0) is 36.3 Å². The second kappa shape index (κ2) is 6.08. The van der Waals surface area contributed by atoms with E-state index in [0.29, 0.717) is 12.2 Å². The predicted molar refractivity (Wildman–Crippen MR) is 86.6 cm³/mol. The third kappa shape index (κ3) is 3.16. The van der Waals surface area contributed by atoms with E-state index in [1.165, 1.54) is 6.92 Å². The summed E-state index contributed by atoms with van der Waals surface area (Å²) in [7, 11) is 0. The molecule has 1 aliphatic rings. The zero-order valence-corrected chi connectivity index (χ0v) is 12.7. The maximum absolute atomic E-state index is 12.4. The van der Waals surface area contributed by atoms with Gasteiger partial charge in [-0.25, -0.2) is 4.79 Å². The lowest BCUT2D eigenvalue weighted by molar-refractivity contribution is -0.144. The van der Waals surface area contributed by atoms with Crippen molar-refractivity contribution in [2.45, 2.75) is 19.4 Å². The number of carbonyl (C=O) groups excluding carboxylic acids is 1. The molecule has 1 aliphatic carbocycles. The summed E-state index contributed by atoms with van der Waals surface area (Å²) in [4.78, 5) is 23.2. The van der Waals surface area contributed by atoms with E-state index >= 15 is 0 Å². The van der Waals surface area contributed by atoms with Gasteiger partial charge in [-0.3, -0.25) is 4.79 Å². The quantitative estimate of drug-likeness (QED) is 0.880. The molecule has 1 N–H and O–H groups in total. The highest BCUT2D eigenvalue weighted by atomic mass is 16.5. The van der Waals surface area contributed by atoms with Crippen molar-refractivity contribution in [2.75, 3.05) is 0 Å². The van der Waals surface area contributed by atoms with Crippen LogP contribution in [0.15, 0.2) is 54.1 Å². The van der Waals surface area contributed by atoms with Crippen LogP contribution in [0.4, 0.5) is 0 Å². The fourth-order valence-corrected chi connectivity index (χ4v) is 2.60. The van der Waals surface area contributed by atoms with Crippen LogP contribution in [-0.4, -0.2) is 23.0 Å². The molecule has 3 rings (SSSR count). The standard InChI is InChI=1S/C19H16O4/c1-12(19(21)22)23-16-7-4-5-13(10-16)9-15-11-14-6-2-3-8-17(14)18(15)20/h2-10,12H,11H2,1H3,(H,21,22)/b15-9-/t12-/m1/s1. The molecule has 0 heterocycles. The number of rotatable bonds is 4. The molecular formula is C19H16O4. The molecule has 2 aromatic rings. The van der Waals surface area contributed by atoms with Gasteiger partial charge in [0.05, 0.1) is 0 Å². The summed E-state index contributed by atoms with van der Waals surface area (Å²) in [6.07, 6.45) is 1.53. The number of hydrogen-bond donors (Lipinski definition) is 1. The number of allylic oxidation sites excluding steroid dienone is 1. The molecular weight excluding hydrogens is 292 g/mol. The van der Waals surface area contributed by atoms with Crippen molar-refractivity contribution in [2.24, 2.45) is 0 Å². The molecule has 1 atom stereocenters. The molecule has 23 heavy (non-hydrogen) atoms. The van der Waals surface area contributed by atoms with Gasteiger partial charge in [0.25, 0.3) is 0 Å². The molecule has 0 saturated heterocycles. The van der Waals surface area contributed by atoms with Gasteiger partial charge in [0, 0.05) is 17.6 Å². The molecule has 116 valence electrons. The summed E-state index contributed by atoms with van der Waals surface area (Å²) < 4.78 is 5.36. The molecule has 0 bridgehead atoms. The lowest BCUT2D eigenvalue weighted by Gasteiger charge is -2.10. The Morgan fingerprint density at radius 3 is 2.74 bits per heavy atom. The van der Waals surface area contributed by atoms with E-state index in [9.17, 15) is 9.59 Å². The Bertz CT molecular complexity index is 805. The van der Waals surface area contributed by atoms with Gasteiger partial charge in [-0.1, -0.05) is 36.4 Å². The fraction of sp³-hybridized carbons (Fsp3) is 0.158. The van der Waals surface area contributed by atoms with Gasteiger partial charge in [-0.2, -0.15) is 0 Å². The number of ether oxygens (including phenoxy) is 1. The second-order valence-corrected chi connectivity index (χ2v) is 5.50. The molecule has 4 nitrogen and oxygen atoms in total. The summed E-state index contributed by atoms with van der Waals surface area (Å²) in [5.74, 6) is -0.502. The number of hydrogen-bond acceptors (Lipinski definition) is 3. The van der Waals surface area contributed by atoms with Crippen LogP contribution in [0, 0.1) is 0 Å². The predicted octanol–water partition coefficient (Wildman–Crippen LogP) is 3.36. The summed E-state index contributed by atoms with van der Waals surface area (Å²) >= 11 is 0. The Hall–Kier alpha value is -2.88. The Morgan fingerprint density at radius 1 is 1.22 bits per heavy atom. The molecule has 0 aliphatic heterocycles. The van der Waals surface area contributed by atoms with Crippen LogP contribution < -0.4 is 4.74 Å². The number of benzene rings is 2. The van der Waals surface area contributed by atoms with E-state index in [4.69, 9.17) is 9.84 Å². The molecule has 0 aromatic heterocycles. The van der Waals surface area contributed by atoms with Gasteiger partial charge in [0.2, 0.25) is 0 Å². The van der Waals surface area contributed by atoms with Crippen molar-refractivity contribution in [3.63, 3.8) is 0 Å². The van der Waals surface area contributed by atoms with Crippen LogP contribution in [0.3, 0.4) is 0 Å². The van der Waals surface area contributed by atoms with E-state index in [-0.39, 0.29) is 5.78 Å². The van der Waals surface area contributed by atoms with Gasteiger partial charge in [0.15, 0.2) is 11.9 Å². The largest absolute Gasteiger partial charge is 0.479 e. The highest BCUT2D eigenvalue weighted by Crippen LogP contribution is 2.28. The van der Waals surface area contributed by atoms with Crippen molar-refractivity contribution in [1.29, 1.82) is 0 Å². The minimum atomic E-state index is -1.02. The van der Waals surface area contributed by atoms with Crippen LogP contribution in [-0.2, 0) is 11.2 Å². The van der Waals surface area contributed by atoms with Crippen LogP contribution in [0.25, 0.3) is 6.08 Å². The molecule has 0 fully saturated rings. The highest BCUT2D eigenvalue weighted by molar-refractivity contribution is 6.15. The summed E-state index contributed by atoms with van der Waals surface area (Å²) in [6, 6.07) is 14.7. The van der Waals surface area contributed by atoms with Crippen molar-refractivity contribution >= 4 is 17.8 Å². The van der Waals surface area contributed by atoms with E-state index < -0.39 is 12.1 Å². The third-order valence-corrected chi connectivity index (χ3v) is 3.79. The monoisotopic (exact) mass is 308 g/mol. The highest BCUT2D eigenvalue weighted by Gasteiger charge is 2.23. The third-order valence-electron chi connectivity index (χ3n) is 3.79. The Labute approximate surface area is 134 Å². The van der Waals surface area contributed by atoms with E-state index in [1.54, 1.807) is 18.2 Å². The number of carbonyl (C=O) groups is 2. The fourth-order valence-electron chi connectivity index (χ4n) is 2.60. The minimum Gasteiger partial charge on any atom is -0.479 e. The zero-order chi connectivity index (χ0) is 16.4. The number of Topliss-reactive ketones (excluding diaryl/α,β-unsaturated/α-hetero) is 1. The Kier molecular flexibility index (Phi) is 3.98. The number of carboxylic acid groups (broad SMARTS) is 1. The number of carboxylic acids is 1. The minimum absolute atomic E-state index is 0.0471. The molecule has 2 aromatic carbocycles. The average molecular weight is 308 g/mol. The van der Waals surface area contributed by atoms with E-state index in [2.05, 4.69) is 0 Å². The topological polar surface area (TPSA) is 63.6 Å².